The van der Waals surface area contributed by atoms with Gasteiger partial charge in [-0.1, -0.05) is 31.0 Å². The van der Waals surface area contributed by atoms with Gasteiger partial charge in [0.25, 0.3) is 0 Å². The fourth-order valence-corrected chi connectivity index (χ4v) is 6.43. The Bertz CT molecular complexity index is 946. The molecule has 0 unspecified atom stereocenters. The molecule has 1 saturated heterocycles. The average Bonchev–Trinajstić information content (AvgIpc) is 3.29. The maximum Gasteiger partial charge on any atom is 0.309 e. The molecule has 1 heterocycles. The van der Waals surface area contributed by atoms with Crippen LogP contribution in [0.25, 0.3) is 10.8 Å². The molecule has 3 aliphatic rings. The van der Waals surface area contributed by atoms with Crippen molar-refractivity contribution >= 4 is 16.7 Å². The van der Waals surface area contributed by atoms with E-state index in [1.54, 1.807) is 0 Å². The number of likely N-dealkylation sites (tertiary alicyclic amines) is 1. The van der Waals surface area contributed by atoms with E-state index >= 15 is 0 Å². The van der Waals surface area contributed by atoms with Crippen LogP contribution in [-0.4, -0.2) is 36.7 Å². The number of nitrogens with zero attached hydrogens (tertiary/aromatic N) is 1. The topological polar surface area (TPSA) is 38.8 Å². The third-order valence-electron chi connectivity index (χ3n) is 8.45. The van der Waals surface area contributed by atoms with Gasteiger partial charge >= 0.3 is 5.97 Å². The van der Waals surface area contributed by atoms with E-state index in [1.807, 2.05) is 6.92 Å². The molecule has 0 aromatic heterocycles. The number of carbonyl (C=O) groups excluding carboxylic acids is 1. The van der Waals surface area contributed by atoms with Gasteiger partial charge in [-0.3, -0.25) is 9.69 Å². The summed E-state index contributed by atoms with van der Waals surface area (Å²) in [5.41, 5.74) is 1.99. The van der Waals surface area contributed by atoms with Crippen LogP contribution in [0.3, 0.4) is 0 Å². The van der Waals surface area contributed by atoms with Crippen LogP contribution in [0.5, 0.6) is 5.75 Å². The van der Waals surface area contributed by atoms with E-state index in [1.165, 1.54) is 67.7 Å². The number of carbonyl (C=O) groups is 1. The van der Waals surface area contributed by atoms with Crippen LogP contribution in [0, 0.1) is 11.3 Å². The molecule has 2 aromatic carbocycles. The van der Waals surface area contributed by atoms with Gasteiger partial charge in [-0.15, -0.1) is 0 Å². The van der Waals surface area contributed by atoms with Gasteiger partial charge in [0.05, 0.1) is 18.6 Å². The summed E-state index contributed by atoms with van der Waals surface area (Å²) in [4.78, 5) is 14.4. The minimum atomic E-state index is -0.0212. The molecule has 0 atom stereocenters. The first-order chi connectivity index (χ1) is 16.1. The van der Waals surface area contributed by atoms with Crippen LogP contribution in [0.15, 0.2) is 36.4 Å². The van der Waals surface area contributed by atoms with Gasteiger partial charge in [-0.05, 0) is 111 Å². The number of esters is 1. The quantitative estimate of drug-likeness (QED) is 0.472. The van der Waals surface area contributed by atoms with Gasteiger partial charge in [-0.25, -0.2) is 0 Å². The largest absolute Gasteiger partial charge is 0.490 e. The predicted octanol–water partition coefficient (Wildman–Crippen LogP) is 6.50. The van der Waals surface area contributed by atoms with Crippen LogP contribution in [0.2, 0.25) is 0 Å². The molecule has 4 nitrogen and oxygen atoms in total. The first kappa shape index (κ1) is 22.7. The van der Waals surface area contributed by atoms with Crippen molar-refractivity contribution in [3.05, 3.63) is 42.0 Å². The average molecular weight is 450 g/mol. The molecule has 1 aliphatic heterocycles. The van der Waals surface area contributed by atoms with E-state index in [4.69, 9.17) is 9.47 Å². The molecule has 0 bridgehead atoms. The Balaban J connectivity index is 1.15. The van der Waals surface area contributed by atoms with Crippen molar-refractivity contribution in [2.75, 3.05) is 19.7 Å². The maximum absolute atomic E-state index is 12.0. The Labute approximate surface area is 198 Å². The third-order valence-corrected chi connectivity index (χ3v) is 8.45. The summed E-state index contributed by atoms with van der Waals surface area (Å²) < 4.78 is 11.6. The van der Waals surface area contributed by atoms with Crippen LogP contribution < -0.4 is 4.74 Å². The summed E-state index contributed by atoms with van der Waals surface area (Å²) >= 11 is 0. The predicted molar refractivity (Wildman–Crippen MR) is 132 cm³/mol. The van der Waals surface area contributed by atoms with Crippen molar-refractivity contribution in [1.29, 1.82) is 0 Å². The lowest BCUT2D eigenvalue weighted by Crippen LogP contribution is -2.36. The molecule has 178 valence electrons. The molecule has 33 heavy (non-hydrogen) atoms. The van der Waals surface area contributed by atoms with Crippen molar-refractivity contribution in [2.24, 2.45) is 11.3 Å². The first-order valence-corrected chi connectivity index (χ1v) is 13.2. The molecule has 0 amide bonds. The highest BCUT2D eigenvalue weighted by Crippen LogP contribution is 2.49. The van der Waals surface area contributed by atoms with Crippen LogP contribution >= 0.6 is 0 Å². The summed E-state index contributed by atoms with van der Waals surface area (Å²) in [6, 6.07) is 13.4. The molecule has 2 saturated carbocycles. The molecule has 2 aromatic rings. The minimum Gasteiger partial charge on any atom is -0.490 e. The Morgan fingerprint density at radius 1 is 0.939 bits per heavy atom. The fourth-order valence-electron chi connectivity index (χ4n) is 6.43. The minimum absolute atomic E-state index is 0.0212. The highest BCUT2D eigenvalue weighted by Gasteiger charge is 2.38. The fraction of sp³-hybridized carbons (Fsp3) is 0.621. The number of hydrogen-bond donors (Lipinski definition) is 0. The molecule has 3 fully saturated rings. The zero-order valence-corrected chi connectivity index (χ0v) is 20.2. The third kappa shape index (κ3) is 5.37. The Hall–Kier alpha value is -2.07. The Morgan fingerprint density at radius 2 is 1.64 bits per heavy atom. The molecule has 4 heteroatoms. The van der Waals surface area contributed by atoms with E-state index in [2.05, 4.69) is 41.3 Å². The van der Waals surface area contributed by atoms with Crippen LogP contribution in [0.4, 0.5) is 0 Å². The second kappa shape index (κ2) is 10.0. The van der Waals surface area contributed by atoms with E-state index in [9.17, 15) is 4.79 Å². The lowest BCUT2D eigenvalue weighted by atomic mass is 9.72. The highest BCUT2D eigenvalue weighted by molar-refractivity contribution is 5.84. The van der Waals surface area contributed by atoms with E-state index in [-0.39, 0.29) is 11.9 Å². The van der Waals surface area contributed by atoms with Crippen molar-refractivity contribution in [2.45, 2.75) is 83.8 Å². The van der Waals surface area contributed by atoms with Crippen molar-refractivity contribution in [1.82, 2.24) is 4.90 Å². The molecule has 1 spiro atoms. The van der Waals surface area contributed by atoms with Gasteiger partial charge in [0.1, 0.15) is 5.75 Å². The van der Waals surface area contributed by atoms with Crippen LogP contribution in [-0.2, 0) is 16.1 Å². The van der Waals surface area contributed by atoms with Gasteiger partial charge in [0.15, 0.2) is 0 Å². The SMILES string of the molecule is CCOC(=O)C1CCN(Cc2ccc3cc(OC4CCC5(CCCC5)CC4)ccc3c2)CC1. The highest BCUT2D eigenvalue weighted by atomic mass is 16.5. The number of benzene rings is 2. The van der Waals surface area contributed by atoms with Crippen molar-refractivity contribution in [3.8, 4) is 5.75 Å². The van der Waals surface area contributed by atoms with Gasteiger partial charge < -0.3 is 9.47 Å². The Morgan fingerprint density at radius 3 is 2.36 bits per heavy atom. The van der Waals surface area contributed by atoms with Gasteiger partial charge in [0.2, 0.25) is 0 Å². The summed E-state index contributed by atoms with van der Waals surface area (Å²) in [7, 11) is 0. The second-order valence-electron chi connectivity index (χ2n) is 10.7. The van der Waals surface area contributed by atoms with Crippen molar-refractivity contribution in [3.63, 3.8) is 0 Å². The normalized spacial score (nSPS) is 22.1. The molecule has 5 rings (SSSR count). The zero-order valence-electron chi connectivity index (χ0n) is 20.2. The monoisotopic (exact) mass is 449 g/mol. The Kier molecular flexibility index (Phi) is 6.91. The molecular formula is C29H39NO3. The summed E-state index contributed by atoms with van der Waals surface area (Å²) in [5.74, 6) is 1.07. The number of fused-ring (bicyclic) bond motifs is 1. The standard InChI is InChI=1S/C29H39NO3/c1-2-32-28(31)23-11-17-30(18-12-23)21-22-5-6-25-20-27(8-7-24(25)19-22)33-26-9-15-29(16-10-26)13-3-4-14-29/h5-8,19-20,23,26H,2-4,9-18,21H2,1H3. The number of rotatable bonds is 6. The smallest absolute Gasteiger partial charge is 0.309 e. The number of hydrogen-bond acceptors (Lipinski definition) is 4. The zero-order chi connectivity index (χ0) is 22.7. The van der Waals surface area contributed by atoms with E-state index in [0.29, 0.717) is 18.1 Å². The lowest BCUT2D eigenvalue weighted by Gasteiger charge is -2.37. The number of ether oxygens (including phenoxy) is 2. The van der Waals surface area contributed by atoms with Crippen molar-refractivity contribution < 1.29 is 14.3 Å². The molecular weight excluding hydrogens is 410 g/mol. The van der Waals surface area contributed by atoms with E-state index < -0.39 is 0 Å². The van der Waals surface area contributed by atoms with Gasteiger partial charge in [0, 0.05) is 6.54 Å². The molecule has 2 aliphatic carbocycles. The molecule has 0 N–H and O–H groups in total. The lowest BCUT2D eigenvalue weighted by molar-refractivity contribution is -0.149. The second-order valence-corrected chi connectivity index (χ2v) is 10.7. The summed E-state index contributed by atoms with van der Waals surface area (Å²) in [5, 5.41) is 2.52. The first-order valence-electron chi connectivity index (χ1n) is 13.2. The van der Waals surface area contributed by atoms with Crippen LogP contribution in [0.1, 0.15) is 76.7 Å². The number of piperidine rings is 1. The maximum atomic E-state index is 12.0. The van der Waals surface area contributed by atoms with E-state index in [0.717, 1.165) is 38.2 Å². The van der Waals surface area contributed by atoms with Gasteiger partial charge in [-0.2, -0.15) is 0 Å². The molecule has 0 radical (unpaired) electrons. The summed E-state index contributed by atoms with van der Waals surface area (Å²) in [6.07, 6.45) is 13.1. The summed E-state index contributed by atoms with van der Waals surface area (Å²) in [6.45, 7) is 5.20.